The fourth-order valence-electron chi connectivity index (χ4n) is 4.00. The Hall–Kier alpha value is -3.55. The lowest BCUT2D eigenvalue weighted by Crippen LogP contribution is -2.34. The largest absolute Gasteiger partial charge is 0.329 e. The number of nitrogens with zero attached hydrogens (tertiary/aromatic N) is 6. The van der Waals surface area contributed by atoms with Crippen molar-refractivity contribution in [3.8, 4) is 22.5 Å². The van der Waals surface area contributed by atoms with Gasteiger partial charge in [0.15, 0.2) is 0 Å². The second-order valence-electron chi connectivity index (χ2n) is 9.34. The van der Waals surface area contributed by atoms with Gasteiger partial charge < -0.3 is 0 Å². The van der Waals surface area contributed by atoms with Gasteiger partial charge in [-0.05, 0) is 56.0 Å². The molecular weight excluding hydrogens is 414 g/mol. The molecule has 0 amide bonds. The molecule has 172 valence electrons. The summed E-state index contributed by atoms with van der Waals surface area (Å²) in [5.74, 6) is 0.531. The molecule has 1 N–H and O–H groups in total. The van der Waals surface area contributed by atoms with Crippen LogP contribution in [0.4, 0.5) is 0 Å². The van der Waals surface area contributed by atoms with Gasteiger partial charge in [-0.25, -0.2) is 4.79 Å². The smallest absolute Gasteiger partial charge is 0.294 e. The van der Waals surface area contributed by atoms with Crippen molar-refractivity contribution in [3.63, 3.8) is 0 Å². The van der Waals surface area contributed by atoms with E-state index in [1.165, 1.54) is 0 Å². The van der Waals surface area contributed by atoms with E-state index in [1.54, 1.807) is 12.4 Å². The van der Waals surface area contributed by atoms with Gasteiger partial charge in [0.25, 0.3) is 0 Å². The van der Waals surface area contributed by atoms with E-state index >= 15 is 0 Å². The highest BCUT2D eigenvalue weighted by atomic mass is 16.1. The quantitative estimate of drug-likeness (QED) is 0.405. The third-order valence-corrected chi connectivity index (χ3v) is 5.83. The molecule has 4 aromatic rings. The van der Waals surface area contributed by atoms with Crippen molar-refractivity contribution in [1.29, 1.82) is 0 Å². The zero-order valence-corrected chi connectivity index (χ0v) is 19.7. The topological polar surface area (TPSA) is 94.3 Å². The summed E-state index contributed by atoms with van der Waals surface area (Å²) >= 11 is 0. The predicted molar refractivity (Wildman–Crippen MR) is 129 cm³/mol. The molecule has 33 heavy (non-hydrogen) atoms. The van der Waals surface area contributed by atoms with Gasteiger partial charge in [-0.2, -0.15) is 5.21 Å². The second-order valence-corrected chi connectivity index (χ2v) is 9.34. The van der Waals surface area contributed by atoms with Gasteiger partial charge in [-0.3, -0.25) is 14.1 Å². The van der Waals surface area contributed by atoms with E-state index in [9.17, 15) is 4.79 Å². The van der Waals surface area contributed by atoms with E-state index < -0.39 is 0 Å². The minimum Gasteiger partial charge on any atom is -0.294 e. The van der Waals surface area contributed by atoms with E-state index in [4.69, 9.17) is 0 Å². The lowest BCUT2D eigenvalue weighted by molar-refractivity contribution is 0.380. The number of aromatic amines is 1. The highest BCUT2D eigenvalue weighted by Crippen LogP contribution is 2.29. The first-order valence-electron chi connectivity index (χ1n) is 11.5. The molecule has 4 rings (SSSR count). The van der Waals surface area contributed by atoms with E-state index in [0.717, 1.165) is 53.6 Å². The monoisotopic (exact) mass is 445 g/mol. The highest BCUT2D eigenvalue weighted by Gasteiger charge is 2.20. The number of unbranched alkanes of at least 4 members (excludes halogenated alkanes) is 2. The first-order valence-corrected chi connectivity index (χ1v) is 11.5. The van der Waals surface area contributed by atoms with Crippen LogP contribution in [0.3, 0.4) is 0 Å². The van der Waals surface area contributed by atoms with Crippen molar-refractivity contribution < 1.29 is 0 Å². The molecule has 0 aliphatic carbocycles. The normalized spacial score (nSPS) is 11.8. The Bertz CT molecular complexity index is 1250. The summed E-state index contributed by atoms with van der Waals surface area (Å²) in [5.41, 5.74) is 4.77. The number of imidazole rings is 1. The summed E-state index contributed by atoms with van der Waals surface area (Å²) in [5, 5.41) is 14.4. The van der Waals surface area contributed by atoms with Crippen LogP contribution in [0.5, 0.6) is 0 Å². The number of aryl methyl sites for hydroxylation is 1. The summed E-state index contributed by atoms with van der Waals surface area (Å²) in [4.78, 5) is 17.5. The van der Waals surface area contributed by atoms with Crippen molar-refractivity contribution >= 4 is 0 Å². The number of tetrazole rings is 1. The summed E-state index contributed by atoms with van der Waals surface area (Å²) < 4.78 is 3.78. The van der Waals surface area contributed by atoms with Gasteiger partial charge in [-0.15, -0.1) is 10.2 Å². The fraction of sp³-hybridized carbons (Fsp3) is 0.400. The standard InChI is InChI=1S/C25H31N7O/c1-5-6-7-8-20-17-32(25(2,3)4)24(33)31(20)16-18-9-11-19(12-10-18)22-15-26-14-13-21(22)23-27-29-30-28-23/h9-15,17H,5-8,16H2,1-4H3,(H,27,28,29,30). The van der Waals surface area contributed by atoms with Gasteiger partial charge in [0.1, 0.15) is 0 Å². The molecule has 0 unspecified atom stereocenters. The summed E-state index contributed by atoms with van der Waals surface area (Å²) in [6.07, 6.45) is 9.88. The van der Waals surface area contributed by atoms with Gasteiger partial charge in [0.05, 0.1) is 6.54 Å². The molecule has 0 spiro atoms. The zero-order valence-electron chi connectivity index (χ0n) is 19.7. The molecule has 3 heterocycles. The minimum atomic E-state index is -0.252. The maximum atomic E-state index is 13.2. The van der Waals surface area contributed by atoms with Crippen LogP contribution >= 0.6 is 0 Å². The van der Waals surface area contributed by atoms with Crippen LogP contribution in [0, 0.1) is 0 Å². The summed E-state index contributed by atoms with van der Waals surface area (Å²) in [6.45, 7) is 8.95. The van der Waals surface area contributed by atoms with Crippen LogP contribution in [-0.4, -0.2) is 34.7 Å². The molecule has 0 saturated heterocycles. The Labute approximate surface area is 193 Å². The molecule has 0 aliphatic heterocycles. The van der Waals surface area contributed by atoms with Crippen molar-refractivity contribution in [3.05, 3.63) is 70.7 Å². The number of aromatic nitrogens is 7. The van der Waals surface area contributed by atoms with Crippen LogP contribution in [0.1, 0.15) is 58.2 Å². The van der Waals surface area contributed by atoms with Crippen molar-refractivity contribution in [1.82, 2.24) is 34.7 Å². The number of hydrogen-bond acceptors (Lipinski definition) is 5. The maximum Gasteiger partial charge on any atom is 0.329 e. The number of hydrogen-bond donors (Lipinski definition) is 1. The lowest BCUT2D eigenvalue weighted by atomic mass is 10.0. The van der Waals surface area contributed by atoms with Gasteiger partial charge >= 0.3 is 5.69 Å². The third kappa shape index (κ3) is 4.94. The molecule has 0 fully saturated rings. The summed E-state index contributed by atoms with van der Waals surface area (Å²) in [7, 11) is 0. The molecule has 1 aromatic carbocycles. The fourth-order valence-corrected chi connectivity index (χ4v) is 4.00. The van der Waals surface area contributed by atoms with Crippen molar-refractivity contribution in [2.75, 3.05) is 0 Å². The van der Waals surface area contributed by atoms with E-state index in [-0.39, 0.29) is 11.2 Å². The minimum absolute atomic E-state index is 0.0460. The molecule has 3 aromatic heterocycles. The molecule has 8 heteroatoms. The van der Waals surface area contributed by atoms with Gasteiger partial charge in [-0.1, -0.05) is 44.0 Å². The van der Waals surface area contributed by atoms with E-state index in [1.807, 2.05) is 21.4 Å². The summed E-state index contributed by atoms with van der Waals surface area (Å²) in [6, 6.07) is 10.1. The molecular formula is C25H31N7O. The number of rotatable bonds is 8. The Kier molecular flexibility index (Phi) is 6.53. The molecule has 0 radical (unpaired) electrons. The first kappa shape index (κ1) is 22.6. The number of benzene rings is 1. The molecule has 0 atom stereocenters. The van der Waals surface area contributed by atoms with Crippen molar-refractivity contribution in [2.45, 2.75) is 65.5 Å². The zero-order chi connectivity index (χ0) is 23.4. The lowest BCUT2D eigenvalue weighted by Gasteiger charge is -2.19. The Morgan fingerprint density at radius 1 is 1.03 bits per heavy atom. The molecule has 0 saturated carbocycles. The van der Waals surface area contributed by atoms with Crippen LogP contribution < -0.4 is 5.69 Å². The van der Waals surface area contributed by atoms with Gasteiger partial charge in [0.2, 0.25) is 5.82 Å². The number of pyridine rings is 1. The Morgan fingerprint density at radius 3 is 2.48 bits per heavy atom. The van der Waals surface area contributed by atoms with Crippen LogP contribution in [0.2, 0.25) is 0 Å². The Morgan fingerprint density at radius 2 is 1.82 bits per heavy atom. The molecule has 0 aliphatic rings. The predicted octanol–water partition coefficient (Wildman–Crippen LogP) is 4.43. The maximum absolute atomic E-state index is 13.2. The SMILES string of the molecule is CCCCCc1cn(C(C)(C)C)c(=O)n1Cc1ccc(-c2cnccc2-c2nn[nH]n2)cc1. The molecule has 0 bridgehead atoms. The number of nitrogens with one attached hydrogen (secondary N) is 1. The van der Waals surface area contributed by atoms with E-state index in [0.29, 0.717) is 12.4 Å². The molecule has 8 nitrogen and oxygen atoms in total. The van der Waals surface area contributed by atoms with Crippen LogP contribution in [0.15, 0.2) is 53.7 Å². The van der Waals surface area contributed by atoms with Crippen LogP contribution in [-0.2, 0) is 18.5 Å². The van der Waals surface area contributed by atoms with Gasteiger partial charge in [0, 0.05) is 41.0 Å². The van der Waals surface area contributed by atoms with Crippen LogP contribution in [0.25, 0.3) is 22.5 Å². The average molecular weight is 446 g/mol. The highest BCUT2D eigenvalue weighted by molar-refractivity contribution is 5.79. The second kappa shape index (κ2) is 9.52. The third-order valence-electron chi connectivity index (χ3n) is 5.83. The first-order chi connectivity index (χ1) is 15.9. The van der Waals surface area contributed by atoms with E-state index in [2.05, 4.69) is 77.6 Å². The Balaban J connectivity index is 1.63. The average Bonchev–Trinajstić information content (AvgIpc) is 3.44. The number of H-pyrrole nitrogens is 1. The van der Waals surface area contributed by atoms with Crippen molar-refractivity contribution in [2.24, 2.45) is 0 Å².